The first kappa shape index (κ1) is 25.2. The number of thioether (sulfide) groups is 1. The number of carbonyl (C=O) groups excluding carboxylic acids is 1. The molecule has 0 aliphatic rings. The third-order valence-electron chi connectivity index (χ3n) is 3.68. The average molecular weight is 447 g/mol. The second-order valence-corrected chi connectivity index (χ2v) is 11.3. The summed E-state index contributed by atoms with van der Waals surface area (Å²) >= 11 is 3.68. The number of carboxylic acids is 1. The molecule has 0 bridgehead atoms. The van der Waals surface area contributed by atoms with Gasteiger partial charge in [0.05, 0.1) is 7.35 Å². The molecule has 1 aromatic carbocycles. The van der Waals surface area contributed by atoms with Crippen molar-refractivity contribution in [1.82, 2.24) is 5.32 Å². The van der Waals surface area contributed by atoms with Crippen LogP contribution < -0.4 is 11.1 Å². The molecule has 0 heterocycles. The zero-order valence-corrected chi connectivity index (χ0v) is 19.0. The number of amides is 1. The number of aliphatic carboxylic acids is 1. The summed E-state index contributed by atoms with van der Waals surface area (Å²) in [6.45, 7) is 4.71. The number of nitrogens with one attached hydrogen (secondary N) is 1. The standard InChI is InChI=1S/C19H31N2O4PS2/c1-3-25-26(28-14-16-7-5-4-6-8-16)11-12-27-13-15(2)21-18(22)10-9-17(20)19(23)24/h4-8,15,17H,3,9-14,20H2,1-2H3,(H,21,22)(H,23,24). The van der Waals surface area contributed by atoms with Crippen LogP contribution in [0.15, 0.2) is 30.3 Å². The minimum absolute atomic E-state index is 0.0360. The molecule has 6 nitrogen and oxygen atoms in total. The first-order chi connectivity index (χ1) is 13.4. The molecule has 0 saturated carbocycles. The lowest BCUT2D eigenvalue weighted by molar-refractivity contribution is -0.138. The lowest BCUT2D eigenvalue weighted by Crippen LogP contribution is -2.36. The lowest BCUT2D eigenvalue weighted by atomic mass is 10.1. The Morgan fingerprint density at radius 2 is 2.04 bits per heavy atom. The van der Waals surface area contributed by atoms with E-state index in [4.69, 9.17) is 15.4 Å². The van der Waals surface area contributed by atoms with Gasteiger partial charge in [0, 0.05) is 42.5 Å². The van der Waals surface area contributed by atoms with Crippen molar-refractivity contribution in [2.75, 3.05) is 24.3 Å². The zero-order valence-electron chi connectivity index (χ0n) is 16.5. The number of hydrogen-bond donors (Lipinski definition) is 3. The molecule has 1 amide bonds. The van der Waals surface area contributed by atoms with E-state index in [9.17, 15) is 9.59 Å². The van der Waals surface area contributed by atoms with Gasteiger partial charge in [0.15, 0.2) is 0 Å². The molecule has 3 unspecified atom stereocenters. The van der Waals surface area contributed by atoms with Crippen LogP contribution in [0.5, 0.6) is 0 Å². The second-order valence-electron chi connectivity index (χ2n) is 6.26. The number of carbonyl (C=O) groups is 2. The number of benzene rings is 1. The topological polar surface area (TPSA) is 102 Å². The van der Waals surface area contributed by atoms with Gasteiger partial charge in [-0.2, -0.15) is 11.8 Å². The molecular weight excluding hydrogens is 415 g/mol. The predicted molar refractivity (Wildman–Crippen MR) is 121 cm³/mol. The van der Waals surface area contributed by atoms with Gasteiger partial charge in [0.25, 0.3) is 0 Å². The van der Waals surface area contributed by atoms with Crippen LogP contribution in [0.2, 0.25) is 0 Å². The largest absolute Gasteiger partial charge is 0.480 e. The van der Waals surface area contributed by atoms with Crippen LogP contribution in [0.25, 0.3) is 0 Å². The molecule has 0 aromatic heterocycles. The maximum Gasteiger partial charge on any atom is 0.320 e. The Hall–Kier alpha value is -0.790. The molecule has 1 rings (SSSR count). The summed E-state index contributed by atoms with van der Waals surface area (Å²) in [4.78, 5) is 22.5. The highest BCUT2D eigenvalue weighted by Crippen LogP contribution is 2.52. The molecular formula is C19H31N2O4PS2. The van der Waals surface area contributed by atoms with Crippen molar-refractivity contribution in [3.8, 4) is 0 Å². The van der Waals surface area contributed by atoms with Gasteiger partial charge in [0.2, 0.25) is 5.91 Å². The maximum atomic E-state index is 11.8. The van der Waals surface area contributed by atoms with Crippen molar-refractivity contribution in [2.24, 2.45) is 5.73 Å². The number of carboxylic acid groups (broad SMARTS) is 1. The minimum Gasteiger partial charge on any atom is -0.480 e. The van der Waals surface area contributed by atoms with Crippen LogP contribution in [-0.4, -0.2) is 53.3 Å². The number of hydrogen-bond acceptors (Lipinski definition) is 6. The fourth-order valence-electron chi connectivity index (χ4n) is 2.23. The Morgan fingerprint density at radius 3 is 2.68 bits per heavy atom. The van der Waals surface area contributed by atoms with Crippen LogP contribution >= 0.6 is 30.5 Å². The normalized spacial score (nSPS) is 14.2. The summed E-state index contributed by atoms with van der Waals surface area (Å²) in [5.74, 6) is 1.53. The smallest absolute Gasteiger partial charge is 0.320 e. The molecule has 0 radical (unpaired) electrons. The molecule has 28 heavy (non-hydrogen) atoms. The molecule has 0 aliphatic carbocycles. The number of rotatable bonds is 15. The predicted octanol–water partition coefficient (Wildman–Crippen LogP) is 3.70. The monoisotopic (exact) mass is 446 g/mol. The van der Waals surface area contributed by atoms with Crippen LogP contribution in [0.1, 0.15) is 32.3 Å². The fraction of sp³-hybridized carbons (Fsp3) is 0.579. The summed E-state index contributed by atoms with van der Waals surface area (Å²) in [5, 5.41) is 11.6. The van der Waals surface area contributed by atoms with Gasteiger partial charge in [-0.3, -0.25) is 9.59 Å². The highest BCUT2D eigenvalue weighted by atomic mass is 32.7. The van der Waals surface area contributed by atoms with Crippen molar-refractivity contribution in [3.05, 3.63) is 35.9 Å². The Kier molecular flexibility index (Phi) is 13.6. The average Bonchev–Trinajstić information content (AvgIpc) is 2.68. The van der Waals surface area contributed by atoms with Crippen LogP contribution in [0.4, 0.5) is 0 Å². The van der Waals surface area contributed by atoms with E-state index >= 15 is 0 Å². The summed E-state index contributed by atoms with van der Waals surface area (Å²) in [6.07, 6.45) is 1.30. The van der Waals surface area contributed by atoms with Crippen molar-refractivity contribution < 1.29 is 19.2 Å². The van der Waals surface area contributed by atoms with Crippen molar-refractivity contribution in [1.29, 1.82) is 0 Å². The van der Waals surface area contributed by atoms with Crippen molar-refractivity contribution in [3.63, 3.8) is 0 Å². The van der Waals surface area contributed by atoms with Crippen molar-refractivity contribution in [2.45, 2.75) is 44.5 Å². The lowest BCUT2D eigenvalue weighted by Gasteiger charge is -2.17. The van der Waals surface area contributed by atoms with Gasteiger partial charge < -0.3 is 20.7 Å². The van der Waals surface area contributed by atoms with Crippen LogP contribution in [-0.2, 0) is 19.9 Å². The van der Waals surface area contributed by atoms with Gasteiger partial charge in [-0.15, -0.1) is 11.4 Å². The highest BCUT2D eigenvalue weighted by Gasteiger charge is 2.15. The number of nitrogens with two attached hydrogens (primary N) is 1. The van der Waals surface area contributed by atoms with Crippen LogP contribution in [0, 0.1) is 0 Å². The Bertz CT molecular complexity index is 580. The molecule has 158 valence electrons. The summed E-state index contributed by atoms with van der Waals surface area (Å²) in [7, 11) is -0.512. The molecule has 3 atom stereocenters. The van der Waals surface area contributed by atoms with Gasteiger partial charge in [-0.05, 0) is 25.8 Å². The van der Waals surface area contributed by atoms with E-state index in [1.54, 1.807) is 11.8 Å². The molecule has 1 aromatic rings. The third kappa shape index (κ3) is 11.9. The summed E-state index contributed by atoms with van der Waals surface area (Å²) in [5.41, 5.74) is 6.72. The Morgan fingerprint density at radius 1 is 1.32 bits per heavy atom. The quantitative estimate of drug-likeness (QED) is 0.279. The van der Waals surface area contributed by atoms with Gasteiger partial charge in [-0.1, -0.05) is 30.3 Å². The molecule has 0 aliphatic heterocycles. The van der Waals surface area contributed by atoms with E-state index in [0.717, 1.165) is 30.0 Å². The third-order valence-corrected chi connectivity index (χ3v) is 9.22. The summed E-state index contributed by atoms with van der Waals surface area (Å²) in [6, 6.07) is 9.45. The zero-order chi connectivity index (χ0) is 20.8. The second kappa shape index (κ2) is 15.1. The first-order valence-electron chi connectivity index (χ1n) is 9.35. The van der Waals surface area contributed by atoms with Gasteiger partial charge in [0.1, 0.15) is 6.04 Å². The van der Waals surface area contributed by atoms with Gasteiger partial charge >= 0.3 is 5.97 Å². The van der Waals surface area contributed by atoms with Gasteiger partial charge in [-0.25, -0.2) is 0 Å². The molecule has 0 spiro atoms. The maximum absolute atomic E-state index is 11.8. The van der Waals surface area contributed by atoms with Crippen molar-refractivity contribution >= 4 is 42.4 Å². The molecule has 0 saturated heterocycles. The van der Waals surface area contributed by atoms with E-state index in [0.29, 0.717) is 0 Å². The van der Waals surface area contributed by atoms with E-state index in [1.165, 1.54) is 5.56 Å². The van der Waals surface area contributed by atoms with E-state index in [-0.39, 0.29) is 24.8 Å². The van der Waals surface area contributed by atoms with E-state index in [2.05, 4.69) is 29.6 Å². The highest BCUT2D eigenvalue weighted by molar-refractivity contribution is 8.53. The Labute approximate surface area is 177 Å². The molecule has 9 heteroatoms. The van der Waals surface area contributed by atoms with E-state index in [1.807, 2.05) is 31.3 Å². The fourth-order valence-corrected chi connectivity index (χ4v) is 7.53. The molecule has 4 N–H and O–H groups in total. The minimum atomic E-state index is -1.08. The SMILES string of the molecule is CCOP(CCSCC(C)NC(=O)CCC(N)C(=O)O)SCc1ccccc1. The first-order valence-corrected chi connectivity index (χ1v) is 13.5. The summed E-state index contributed by atoms with van der Waals surface area (Å²) < 4.78 is 5.89. The molecule has 0 fully saturated rings. The Balaban J connectivity index is 2.19. The van der Waals surface area contributed by atoms with Crippen LogP contribution in [0.3, 0.4) is 0 Å². The van der Waals surface area contributed by atoms with E-state index < -0.39 is 19.4 Å².